The summed E-state index contributed by atoms with van der Waals surface area (Å²) >= 11 is 1.92. The Balaban J connectivity index is 2.59. The molecule has 0 amide bonds. The lowest BCUT2D eigenvalue weighted by atomic mass is 10.0. The van der Waals surface area contributed by atoms with Gasteiger partial charge >= 0.3 is 0 Å². The lowest BCUT2D eigenvalue weighted by Crippen LogP contribution is -2.30. The monoisotopic (exact) mass is 237 g/mol. The summed E-state index contributed by atoms with van der Waals surface area (Å²) in [5.41, 5.74) is 4.25. The van der Waals surface area contributed by atoms with Gasteiger partial charge in [-0.1, -0.05) is 25.1 Å². The van der Waals surface area contributed by atoms with Gasteiger partial charge in [-0.3, -0.25) is 0 Å². The van der Waals surface area contributed by atoms with E-state index in [2.05, 4.69) is 50.5 Å². The molecule has 0 spiro atoms. The summed E-state index contributed by atoms with van der Waals surface area (Å²) in [4.78, 5) is 0. The molecule has 0 aliphatic carbocycles. The third-order valence-electron chi connectivity index (χ3n) is 3.07. The number of nitrogens with one attached hydrogen (secondary N) is 1. The maximum Gasteiger partial charge on any atom is 0.0213 e. The second kappa shape index (κ2) is 6.97. The van der Waals surface area contributed by atoms with Gasteiger partial charge in [-0.25, -0.2) is 0 Å². The molecule has 90 valence electrons. The molecular weight excluding hydrogens is 214 g/mol. The van der Waals surface area contributed by atoms with Crippen molar-refractivity contribution in [2.45, 2.75) is 39.8 Å². The van der Waals surface area contributed by atoms with Gasteiger partial charge in [0, 0.05) is 18.3 Å². The van der Waals surface area contributed by atoms with Crippen molar-refractivity contribution in [2.24, 2.45) is 0 Å². The Morgan fingerprint density at radius 1 is 1.25 bits per heavy atom. The maximum absolute atomic E-state index is 3.65. The van der Waals surface area contributed by atoms with Gasteiger partial charge in [0.05, 0.1) is 0 Å². The molecule has 1 unspecified atom stereocenters. The van der Waals surface area contributed by atoms with Crippen LogP contribution in [0.4, 0.5) is 0 Å². The van der Waals surface area contributed by atoms with Gasteiger partial charge < -0.3 is 5.32 Å². The molecule has 0 aromatic heterocycles. The van der Waals surface area contributed by atoms with E-state index in [9.17, 15) is 0 Å². The molecule has 1 N–H and O–H groups in total. The van der Waals surface area contributed by atoms with Crippen LogP contribution >= 0.6 is 11.8 Å². The van der Waals surface area contributed by atoms with Gasteiger partial charge in [0.15, 0.2) is 0 Å². The minimum Gasteiger partial charge on any atom is -0.309 e. The van der Waals surface area contributed by atoms with E-state index in [0.29, 0.717) is 6.04 Å². The zero-order valence-corrected chi connectivity index (χ0v) is 11.7. The van der Waals surface area contributed by atoms with Crippen LogP contribution in [0.3, 0.4) is 0 Å². The van der Waals surface area contributed by atoms with Crippen LogP contribution in [0.25, 0.3) is 0 Å². The van der Waals surface area contributed by atoms with Gasteiger partial charge in [-0.15, -0.1) is 0 Å². The molecule has 0 saturated carbocycles. The highest BCUT2D eigenvalue weighted by molar-refractivity contribution is 7.98. The minimum absolute atomic E-state index is 0.633. The number of aryl methyl sites for hydroxylation is 2. The van der Waals surface area contributed by atoms with E-state index in [-0.39, 0.29) is 0 Å². The van der Waals surface area contributed by atoms with Gasteiger partial charge in [0.2, 0.25) is 0 Å². The van der Waals surface area contributed by atoms with E-state index in [4.69, 9.17) is 0 Å². The molecule has 1 aromatic carbocycles. The summed E-state index contributed by atoms with van der Waals surface area (Å²) in [5, 5.41) is 3.65. The van der Waals surface area contributed by atoms with E-state index in [0.717, 1.165) is 6.54 Å². The predicted molar refractivity (Wildman–Crippen MR) is 75.2 cm³/mol. The summed E-state index contributed by atoms with van der Waals surface area (Å²) in [6.45, 7) is 7.63. The van der Waals surface area contributed by atoms with Crippen molar-refractivity contribution in [3.05, 3.63) is 34.9 Å². The van der Waals surface area contributed by atoms with E-state index >= 15 is 0 Å². The van der Waals surface area contributed by atoms with E-state index in [1.54, 1.807) is 0 Å². The van der Waals surface area contributed by atoms with E-state index in [1.807, 2.05) is 11.8 Å². The van der Waals surface area contributed by atoms with Gasteiger partial charge in [-0.2, -0.15) is 11.8 Å². The van der Waals surface area contributed by atoms with Crippen molar-refractivity contribution in [3.63, 3.8) is 0 Å². The highest BCUT2D eigenvalue weighted by Crippen LogP contribution is 2.13. The van der Waals surface area contributed by atoms with Crippen LogP contribution in [0.5, 0.6) is 0 Å². The first-order chi connectivity index (χ1) is 7.69. The Kier molecular flexibility index (Phi) is 5.93. The molecule has 0 aliphatic rings. The lowest BCUT2D eigenvalue weighted by molar-refractivity contribution is 0.539. The fourth-order valence-corrected chi connectivity index (χ4v) is 2.65. The predicted octanol–water partition coefficient (Wildman–Crippen LogP) is 3.53. The molecular formula is C14H23NS. The van der Waals surface area contributed by atoms with Crippen molar-refractivity contribution in [1.29, 1.82) is 0 Å². The number of hydrogen-bond donors (Lipinski definition) is 1. The summed E-state index contributed by atoms with van der Waals surface area (Å²) in [6, 6.07) is 7.15. The standard InChI is InChI=1S/C14H23NS/c1-5-13(10-16-4)15-9-14-11(2)7-6-8-12(14)3/h6-8,13,15H,5,9-10H2,1-4H3. The fraction of sp³-hybridized carbons (Fsp3) is 0.571. The summed E-state index contributed by atoms with van der Waals surface area (Å²) < 4.78 is 0. The SMILES string of the molecule is CCC(CSC)NCc1c(C)cccc1C. The molecule has 0 heterocycles. The average Bonchev–Trinajstić information content (AvgIpc) is 2.27. The number of rotatable bonds is 6. The van der Waals surface area contributed by atoms with Gasteiger partial charge in [0.1, 0.15) is 0 Å². The van der Waals surface area contributed by atoms with Crippen molar-refractivity contribution in [2.75, 3.05) is 12.0 Å². The van der Waals surface area contributed by atoms with Crippen molar-refractivity contribution < 1.29 is 0 Å². The molecule has 1 atom stereocenters. The molecule has 1 aromatic rings. The van der Waals surface area contributed by atoms with Crippen molar-refractivity contribution in [1.82, 2.24) is 5.32 Å². The molecule has 0 bridgehead atoms. The normalized spacial score (nSPS) is 12.8. The van der Waals surface area contributed by atoms with Crippen molar-refractivity contribution in [3.8, 4) is 0 Å². The summed E-state index contributed by atoms with van der Waals surface area (Å²) in [7, 11) is 0. The Labute approximate surface area is 104 Å². The second-order valence-electron chi connectivity index (χ2n) is 4.31. The third-order valence-corrected chi connectivity index (χ3v) is 3.81. The van der Waals surface area contributed by atoms with Crippen LogP contribution < -0.4 is 5.32 Å². The molecule has 16 heavy (non-hydrogen) atoms. The summed E-state index contributed by atoms with van der Waals surface area (Å²) in [6.07, 6.45) is 3.37. The first-order valence-electron chi connectivity index (χ1n) is 5.96. The van der Waals surface area contributed by atoms with Crippen LogP contribution in [-0.4, -0.2) is 18.1 Å². The Hall–Kier alpha value is -0.470. The molecule has 0 radical (unpaired) electrons. The Bertz CT molecular complexity index is 302. The van der Waals surface area contributed by atoms with Crippen LogP contribution in [0, 0.1) is 13.8 Å². The average molecular weight is 237 g/mol. The van der Waals surface area contributed by atoms with Crippen LogP contribution in [0.1, 0.15) is 30.0 Å². The van der Waals surface area contributed by atoms with Crippen LogP contribution in [-0.2, 0) is 6.54 Å². The molecule has 0 fully saturated rings. The molecule has 1 nitrogen and oxygen atoms in total. The zero-order valence-electron chi connectivity index (χ0n) is 10.8. The third kappa shape index (κ3) is 3.84. The van der Waals surface area contributed by atoms with E-state index < -0.39 is 0 Å². The lowest BCUT2D eigenvalue weighted by Gasteiger charge is -2.17. The topological polar surface area (TPSA) is 12.0 Å². The molecule has 1 rings (SSSR count). The number of hydrogen-bond acceptors (Lipinski definition) is 2. The fourth-order valence-electron chi connectivity index (χ4n) is 1.90. The molecule has 0 aliphatic heterocycles. The first kappa shape index (κ1) is 13.6. The van der Waals surface area contributed by atoms with Crippen LogP contribution in [0.2, 0.25) is 0 Å². The Morgan fingerprint density at radius 2 is 1.88 bits per heavy atom. The highest BCUT2D eigenvalue weighted by Gasteiger charge is 2.07. The van der Waals surface area contributed by atoms with Gasteiger partial charge in [0.25, 0.3) is 0 Å². The Morgan fingerprint density at radius 3 is 2.38 bits per heavy atom. The van der Waals surface area contributed by atoms with Gasteiger partial charge in [-0.05, 0) is 43.2 Å². The number of benzene rings is 1. The second-order valence-corrected chi connectivity index (χ2v) is 5.22. The molecule has 0 saturated heterocycles. The quantitative estimate of drug-likeness (QED) is 0.812. The number of thioether (sulfide) groups is 1. The zero-order chi connectivity index (χ0) is 12.0. The highest BCUT2D eigenvalue weighted by atomic mass is 32.2. The first-order valence-corrected chi connectivity index (χ1v) is 7.35. The summed E-state index contributed by atoms with van der Waals surface area (Å²) in [5.74, 6) is 1.20. The molecule has 2 heteroatoms. The van der Waals surface area contributed by atoms with Crippen molar-refractivity contribution >= 4 is 11.8 Å². The van der Waals surface area contributed by atoms with Crippen LogP contribution in [0.15, 0.2) is 18.2 Å². The van der Waals surface area contributed by atoms with E-state index in [1.165, 1.54) is 28.9 Å². The smallest absolute Gasteiger partial charge is 0.0213 e. The maximum atomic E-state index is 3.65. The largest absolute Gasteiger partial charge is 0.309 e. The minimum atomic E-state index is 0.633.